The first-order chi connectivity index (χ1) is 22.2. The highest BCUT2D eigenvalue weighted by molar-refractivity contribution is 7.84. The molecule has 3 aliphatic rings. The SMILES string of the molecule is CCCc1cc(Cl)ccc1C1COc2ccc3cc2N(C1)CC1CCC1C(c1ccc(F)nc1)/C=C/CC(C)C(C)S(=O)NC3=O. The number of nitrogens with one attached hydrogen (secondary N) is 1. The average Bonchev–Trinajstić information content (AvgIpc) is 3.21. The van der Waals surface area contributed by atoms with E-state index in [1.54, 1.807) is 12.3 Å². The topological polar surface area (TPSA) is 71.5 Å². The van der Waals surface area contributed by atoms with Crippen LogP contribution in [0.2, 0.25) is 5.02 Å². The number of rotatable bonds is 4. The van der Waals surface area contributed by atoms with Crippen LogP contribution in [0.1, 0.15) is 85.3 Å². The van der Waals surface area contributed by atoms with Crippen LogP contribution >= 0.6 is 11.6 Å². The summed E-state index contributed by atoms with van der Waals surface area (Å²) in [7, 11) is -1.56. The van der Waals surface area contributed by atoms with E-state index in [-0.39, 0.29) is 28.9 Å². The van der Waals surface area contributed by atoms with Crippen LogP contribution in [-0.2, 0) is 17.4 Å². The molecule has 1 fully saturated rings. The van der Waals surface area contributed by atoms with E-state index in [0.717, 1.165) is 67.2 Å². The van der Waals surface area contributed by atoms with Gasteiger partial charge in [-0.25, -0.2) is 9.19 Å². The zero-order valence-electron chi connectivity index (χ0n) is 26.8. The Kier molecular flexibility index (Phi) is 10.1. The van der Waals surface area contributed by atoms with Gasteiger partial charge in [-0.3, -0.25) is 9.52 Å². The lowest BCUT2D eigenvalue weighted by Gasteiger charge is -2.44. The van der Waals surface area contributed by atoms with Crippen molar-refractivity contribution in [1.82, 2.24) is 9.71 Å². The largest absolute Gasteiger partial charge is 0.491 e. The molecule has 0 radical (unpaired) electrons. The minimum atomic E-state index is -1.56. The van der Waals surface area contributed by atoms with Gasteiger partial charge < -0.3 is 9.64 Å². The van der Waals surface area contributed by atoms with E-state index in [9.17, 15) is 13.4 Å². The highest BCUT2D eigenvalue weighted by atomic mass is 35.5. The van der Waals surface area contributed by atoms with E-state index in [4.69, 9.17) is 16.3 Å². The first-order valence-electron chi connectivity index (χ1n) is 16.5. The molecule has 1 aliphatic carbocycles. The van der Waals surface area contributed by atoms with Gasteiger partial charge in [-0.2, -0.15) is 4.39 Å². The van der Waals surface area contributed by atoms with Crippen LogP contribution in [0.4, 0.5) is 10.1 Å². The summed E-state index contributed by atoms with van der Waals surface area (Å²) in [6.45, 7) is 8.17. The number of aromatic nitrogens is 1. The Morgan fingerprint density at radius 3 is 2.70 bits per heavy atom. The van der Waals surface area contributed by atoms with Crippen LogP contribution in [0.5, 0.6) is 5.75 Å². The molecule has 2 bridgehead atoms. The van der Waals surface area contributed by atoms with Gasteiger partial charge in [0.05, 0.1) is 17.5 Å². The Labute approximate surface area is 279 Å². The minimum Gasteiger partial charge on any atom is -0.491 e. The van der Waals surface area contributed by atoms with E-state index in [1.165, 1.54) is 17.2 Å². The smallest absolute Gasteiger partial charge is 0.263 e. The van der Waals surface area contributed by atoms with Crippen molar-refractivity contribution in [3.8, 4) is 5.75 Å². The second-order valence-electron chi connectivity index (χ2n) is 13.2. The first-order valence-corrected chi connectivity index (χ1v) is 18.1. The van der Waals surface area contributed by atoms with Crippen molar-refractivity contribution >= 4 is 34.2 Å². The molecule has 46 heavy (non-hydrogen) atoms. The van der Waals surface area contributed by atoms with Gasteiger partial charge in [0.25, 0.3) is 5.91 Å². The van der Waals surface area contributed by atoms with Crippen molar-refractivity contribution in [1.29, 1.82) is 0 Å². The summed E-state index contributed by atoms with van der Waals surface area (Å²) in [6.07, 6.45) is 10.9. The molecule has 7 unspecified atom stereocenters. The van der Waals surface area contributed by atoms with Crippen LogP contribution < -0.4 is 14.4 Å². The van der Waals surface area contributed by atoms with Gasteiger partial charge in [0, 0.05) is 41.7 Å². The lowest BCUT2D eigenvalue weighted by molar-refractivity contribution is 0.0982. The molecule has 3 aromatic rings. The third kappa shape index (κ3) is 7.03. The molecule has 244 valence electrons. The van der Waals surface area contributed by atoms with Crippen molar-refractivity contribution in [3.63, 3.8) is 0 Å². The molecule has 0 spiro atoms. The second kappa shape index (κ2) is 14.3. The molecule has 7 atom stereocenters. The molecule has 3 heterocycles. The first kappa shape index (κ1) is 32.7. The summed E-state index contributed by atoms with van der Waals surface area (Å²) in [6, 6.07) is 15.0. The van der Waals surface area contributed by atoms with Crippen molar-refractivity contribution < 1.29 is 18.1 Å². The average molecular weight is 664 g/mol. The lowest BCUT2D eigenvalue weighted by Crippen LogP contribution is -2.42. The van der Waals surface area contributed by atoms with Gasteiger partial charge in [0.2, 0.25) is 5.95 Å². The number of nitrogens with zero attached hydrogens (tertiary/aromatic N) is 2. The Hall–Kier alpha value is -3.23. The quantitative estimate of drug-likeness (QED) is 0.226. The summed E-state index contributed by atoms with van der Waals surface area (Å²) in [4.78, 5) is 19.8. The third-order valence-electron chi connectivity index (χ3n) is 10.2. The maximum absolute atomic E-state index is 13.9. The number of hydrogen-bond donors (Lipinski definition) is 1. The molecule has 9 heteroatoms. The monoisotopic (exact) mass is 663 g/mol. The molecule has 1 saturated carbocycles. The number of allylic oxidation sites excluding steroid dienone is 2. The Morgan fingerprint density at radius 1 is 1.11 bits per heavy atom. The summed E-state index contributed by atoms with van der Waals surface area (Å²) in [5.41, 5.74) is 4.83. The number of anilines is 1. The van der Waals surface area contributed by atoms with Gasteiger partial charge in [-0.05, 0) is 103 Å². The number of pyridine rings is 1. The number of amides is 1. The molecular weight excluding hydrogens is 621 g/mol. The maximum Gasteiger partial charge on any atom is 0.263 e. The van der Waals surface area contributed by atoms with Crippen molar-refractivity contribution in [2.45, 2.75) is 70.0 Å². The Morgan fingerprint density at radius 2 is 1.96 bits per heavy atom. The number of halogens is 2. The third-order valence-corrected chi connectivity index (χ3v) is 12.0. The fourth-order valence-electron chi connectivity index (χ4n) is 7.20. The van der Waals surface area contributed by atoms with E-state index < -0.39 is 16.9 Å². The van der Waals surface area contributed by atoms with Crippen molar-refractivity contribution in [3.05, 3.63) is 100 Å². The molecule has 6 rings (SSSR count). The number of benzene rings is 2. The van der Waals surface area contributed by atoms with E-state index >= 15 is 0 Å². The van der Waals surface area contributed by atoms with E-state index in [2.05, 4.69) is 52.7 Å². The summed E-state index contributed by atoms with van der Waals surface area (Å²) >= 11 is 6.43. The number of hydrogen-bond acceptors (Lipinski definition) is 5. The van der Waals surface area contributed by atoms with E-state index in [1.807, 2.05) is 31.2 Å². The Bertz CT molecular complexity index is 1620. The molecule has 1 amide bonds. The zero-order chi connectivity index (χ0) is 32.4. The van der Waals surface area contributed by atoms with Crippen molar-refractivity contribution in [2.75, 3.05) is 24.6 Å². The van der Waals surface area contributed by atoms with Crippen molar-refractivity contribution in [2.24, 2.45) is 17.8 Å². The normalized spacial score (nSPS) is 29.0. The van der Waals surface area contributed by atoms with Crippen LogP contribution in [-0.4, -0.2) is 40.0 Å². The number of fused-ring (bicyclic) bond motifs is 2. The van der Waals surface area contributed by atoms with Crippen LogP contribution in [0.3, 0.4) is 0 Å². The molecule has 2 aromatic carbocycles. The molecule has 6 nitrogen and oxygen atoms in total. The highest BCUT2D eigenvalue weighted by Crippen LogP contribution is 2.47. The van der Waals surface area contributed by atoms with Crippen LogP contribution in [0.15, 0.2) is 66.9 Å². The Balaban J connectivity index is 1.40. The maximum atomic E-state index is 13.9. The molecular formula is C37H43ClFN3O3S. The molecule has 1 N–H and O–H groups in total. The minimum absolute atomic E-state index is 0.0767. The van der Waals surface area contributed by atoms with E-state index in [0.29, 0.717) is 24.0 Å². The zero-order valence-corrected chi connectivity index (χ0v) is 28.3. The lowest BCUT2D eigenvalue weighted by atomic mass is 9.65. The van der Waals surface area contributed by atoms with Gasteiger partial charge in [-0.15, -0.1) is 0 Å². The predicted molar refractivity (Wildman–Crippen MR) is 183 cm³/mol. The fourth-order valence-corrected chi connectivity index (χ4v) is 8.42. The molecule has 1 aromatic heterocycles. The van der Waals surface area contributed by atoms with Crippen LogP contribution in [0, 0.1) is 23.7 Å². The standard InChI is InChI=1S/C37H43ClFN3O3S/c1-4-6-25-17-30(38)12-14-31(25)29-21-42-20-28-9-13-33(28)32(27-11-16-36(39)40-19-27)8-5-7-23(2)24(3)46(44)41-37(43)26-10-15-35(45-22-29)34(42)18-26/h5,8,10-12,14-19,23-24,28-29,32-33H,4,6-7,9,13,20-22H2,1-3H3,(H,41,43)/b8-5+. The summed E-state index contributed by atoms with van der Waals surface area (Å²) in [5, 5.41) is 0.487. The molecule has 2 aliphatic heterocycles. The fraction of sp³-hybridized carbons (Fsp3) is 0.459. The van der Waals surface area contributed by atoms with Gasteiger partial charge in [-0.1, -0.05) is 56.2 Å². The number of ether oxygens (including phenoxy) is 1. The van der Waals surface area contributed by atoms with Crippen LogP contribution in [0.25, 0.3) is 0 Å². The number of carbonyl (C=O) groups is 1. The summed E-state index contributed by atoms with van der Waals surface area (Å²) in [5.74, 6) is 0.895. The van der Waals surface area contributed by atoms with Gasteiger partial charge in [0.15, 0.2) is 0 Å². The molecule has 0 saturated heterocycles. The number of aryl methyl sites for hydroxylation is 1. The second-order valence-corrected chi connectivity index (χ2v) is 15.2. The van der Waals surface area contributed by atoms with Gasteiger partial charge >= 0.3 is 0 Å². The predicted octanol–water partition coefficient (Wildman–Crippen LogP) is 8.00. The number of carbonyl (C=O) groups excluding carboxylic acids is 1. The highest BCUT2D eigenvalue weighted by Gasteiger charge is 2.39. The summed E-state index contributed by atoms with van der Waals surface area (Å²) < 4.78 is 36.4. The van der Waals surface area contributed by atoms with Gasteiger partial charge in [0.1, 0.15) is 16.7 Å².